The highest BCUT2D eigenvalue weighted by Crippen LogP contribution is 2.30. The van der Waals surface area contributed by atoms with Crippen LogP contribution in [0.4, 0.5) is 0 Å². The number of halogens is 1. The van der Waals surface area contributed by atoms with Gasteiger partial charge in [-0.25, -0.2) is 0 Å². The zero-order valence-electron chi connectivity index (χ0n) is 14.1. The minimum atomic E-state index is 0.0978. The third-order valence-electron chi connectivity index (χ3n) is 3.85. The molecule has 0 radical (unpaired) electrons. The fourth-order valence-corrected chi connectivity index (χ4v) is 2.64. The lowest BCUT2D eigenvalue weighted by Crippen LogP contribution is -2.10. The van der Waals surface area contributed by atoms with Crippen molar-refractivity contribution in [2.75, 3.05) is 7.11 Å². The van der Waals surface area contributed by atoms with Crippen LogP contribution in [-0.2, 0) is 5.41 Å². The van der Waals surface area contributed by atoms with Gasteiger partial charge in [0.25, 0.3) is 0 Å². The lowest BCUT2D eigenvalue weighted by molar-refractivity contribution is 0.411. The van der Waals surface area contributed by atoms with E-state index in [0.29, 0.717) is 22.3 Å². The number of aromatic nitrogens is 4. The minimum Gasteiger partial charge on any atom is -0.494 e. The molecule has 1 aromatic heterocycles. The number of rotatable bonds is 3. The van der Waals surface area contributed by atoms with Crippen molar-refractivity contribution >= 4 is 11.6 Å². The number of nitrogens with zero attached hydrogens (tertiary/aromatic N) is 4. The van der Waals surface area contributed by atoms with Crippen molar-refractivity contribution in [3.05, 3.63) is 53.1 Å². The number of benzene rings is 2. The summed E-state index contributed by atoms with van der Waals surface area (Å²) in [5, 5.41) is 12.7. The predicted octanol–water partition coefficient (Wildman–Crippen LogP) is 4.29. The first-order valence-corrected chi connectivity index (χ1v) is 8.01. The summed E-state index contributed by atoms with van der Waals surface area (Å²) in [4.78, 5) is 0. The second-order valence-corrected chi connectivity index (χ2v) is 6.99. The number of ether oxygens (including phenoxy) is 1. The van der Waals surface area contributed by atoms with Gasteiger partial charge in [-0.2, -0.15) is 4.68 Å². The number of hydrogen-bond donors (Lipinski definition) is 0. The molecule has 3 aromatic rings. The van der Waals surface area contributed by atoms with Crippen LogP contribution in [0.2, 0.25) is 5.02 Å². The second kappa shape index (κ2) is 6.24. The lowest BCUT2D eigenvalue weighted by atomic mass is 9.87. The van der Waals surface area contributed by atoms with Gasteiger partial charge in [0.05, 0.1) is 7.11 Å². The molecule has 0 spiro atoms. The van der Waals surface area contributed by atoms with E-state index in [1.54, 1.807) is 30.0 Å². The molecule has 2 aromatic carbocycles. The number of methoxy groups -OCH3 is 1. The van der Waals surface area contributed by atoms with Crippen molar-refractivity contribution in [3.63, 3.8) is 0 Å². The number of hydrogen-bond acceptors (Lipinski definition) is 4. The summed E-state index contributed by atoms with van der Waals surface area (Å²) in [6.45, 7) is 6.55. The van der Waals surface area contributed by atoms with Gasteiger partial charge in [0.15, 0.2) is 5.82 Å². The Balaban J connectivity index is 2.07. The summed E-state index contributed by atoms with van der Waals surface area (Å²) < 4.78 is 7.04. The molecule has 0 fully saturated rings. The quantitative estimate of drug-likeness (QED) is 0.712. The summed E-state index contributed by atoms with van der Waals surface area (Å²) in [5.74, 6) is 1.29. The highest BCUT2D eigenvalue weighted by atomic mass is 35.5. The van der Waals surface area contributed by atoms with Crippen molar-refractivity contribution in [3.8, 4) is 22.8 Å². The summed E-state index contributed by atoms with van der Waals surface area (Å²) in [6, 6.07) is 13.6. The van der Waals surface area contributed by atoms with E-state index in [1.807, 2.05) is 12.1 Å². The molecule has 0 aliphatic heterocycles. The average Bonchev–Trinajstić information content (AvgIpc) is 3.03. The van der Waals surface area contributed by atoms with E-state index in [1.165, 1.54) is 5.56 Å². The maximum absolute atomic E-state index is 6.12. The fourth-order valence-electron chi connectivity index (χ4n) is 2.48. The largest absolute Gasteiger partial charge is 0.494 e. The summed E-state index contributed by atoms with van der Waals surface area (Å²) in [6.07, 6.45) is 0. The molecule has 0 amide bonds. The zero-order chi connectivity index (χ0) is 17.3. The Morgan fingerprint density at radius 2 is 1.75 bits per heavy atom. The molecule has 0 saturated heterocycles. The van der Waals surface area contributed by atoms with Crippen LogP contribution in [0.5, 0.6) is 5.75 Å². The molecule has 0 N–H and O–H groups in total. The van der Waals surface area contributed by atoms with Crippen LogP contribution >= 0.6 is 11.6 Å². The van der Waals surface area contributed by atoms with E-state index in [0.717, 1.165) is 5.56 Å². The lowest BCUT2D eigenvalue weighted by Gasteiger charge is -2.19. The third-order valence-corrected chi connectivity index (χ3v) is 4.08. The molecule has 6 heteroatoms. The van der Waals surface area contributed by atoms with E-state index in [-0.39, 0.29) is 5.41 Å². The maximum Gasteiger partial charge on any atom is 0.187 e. The maximum atomic E-state index is 6.12. The SMILES string of the molecule is COc1ccc(Cl)cc1-n1nnnc1-c1ccc(C(C)(C)C)cc1. The summed E-state index contributed by atoms with van der Waals surface area (Å²) in [5.41, 5.74) is 2.98. The Morgan fingerprint density at radius 1 is 1.04 bits per heavy atom. The van der Waals surface area contributed by atoms with Crippen molar-refractivity contribution in [2.45, 2.75) is 26.2 Å². The third kappa shape index (κ3) is 3.12. The Morgan fingerprint density at radius 3 is 2.38 bits per heavy atom. The highest BCUT2D eigenvalue weighted by molar-refractivity contribution is 6.30. The van der Waals surface area contributed by atoms with Gasteiger partial charge in [0.1, 0.15) is 11.4 Å². The molecule has 0 aliphatic carbocycles. The van der Waals surface area contributed by atoms with E-state index in [2.05, 4.69) is 48.4 Å². The van der Waals surface area contributed by atoms with Crippen LogP contribution in [0.15, 0.2) is 42.5 Å². The average molecular weight is 343 g/mol. The van der Waals surface area contributed by atoms with E-state index >= 15 is 0 Å². The first kappa shape index (κ1) is 16.5. The molecular weight excluding hydrogens is 324 g/mol. The molecule has 0 unspecified atom stereocenters. The fraction of sp³-hybridized carbons (Fsp3) is 0.278. The van der Waals surface area contributed by atoms with Crippen molar-refractivity contribution in [2.24, 2.45) is 0 Å². The molecule has 0 atom stereocenters. The van der Waals surface area contributed by atoms with Gasteiger partial charge in [0.2, 0.25) is 0 Å². The van der Waals surface area contributed by atoms with Crippen LogP contribution in [-0.4, -0.2) is 27.3 Å². The Hall–Kier alpha value is -2.40. The van der Waals surface area contributed by atoms with Crippen LogP contribution in [0, 0.1) is 0 Å². The van der Waals surface area contributed by atoms with Gasteiger partial charge in [-0.3, -0.25) is 0 Å². The van der Waals surface area contributed by atoms with Gasteiger partial charge in [-0.05, 0) is 39.6 Å². The number of tetrazole rings is 1. The first-order chi connectivity index (χ1) is 11.4. The Bertz CT molecular complexity index is 850. The van der Waals surface area contributed by atoms with Gasteiger partial charge in [0, 0.05) is 10.6 Å². The van der Waals surface area contributed by atoms with Gasteiger partial charge >= 0.3 is 0 Å². The molecule has 3 rings (SSSR count). The van der Waals surface area contributed by atoms with Crippen LogP contribution in [0.3, 0.4) is 0 Å². The predicted molar refractivity (Wildman–Crippen MR) is 94.9 cm³/mol. The minimum absolute atomic E-state index is 0.0978. The summed E-state index contributed by atoms with van der Waals surface area (Å²) >= 11 is 6.12. The Kier molecular flexibility index (Phi) is 4.28. The van der Waals surface area contributed by atoms with E-state index < -0.39 is 0 Å². The molecular formula is C18H19ClN4O. The standard InChI is InChI=1S/C18H19ClN4O/c1-18(2,3)13-7-5-12(6-8-13)17-20-21-22-23(17)15-11-14(19)9-10-16(15)24-4/h5-11H,1-4H3. The molecule has 24 heavy (non-hydrogen) atoms. The van der Waals surface area contributed by atoms with Crippen LogP contribution in [0.25, 0.3) is 17.1 Å². The normalized spacial score (nSPS) is 11.5. The van der Waals surface area contributed by atoms with Crippen LogP contribution in [0.1, 0.15) is 26.3 Å². The van der Waals surface area contributed by atoms with Crippen LogP contribution < -0.4 is 4.74 Å². The molecule has 0 bridgehead atoms. The molecule has 0 aliphatic rings. The second-order valence-electron chi connectivity index (χ2n) is 6.56. The van der Waals surface area contributed by atoms with Gasteiger partial charge in [-0.1, -0.05) is 56.6 Å². The molecule has 124 valence electrons. The summed E-state index contributed by atoms with van der Waals surface area (Å²) in [7, 11) is 1.61. The van der Waals surface area contributed by atoms with Crippen molar-refractivity contribution < 1.29 is 4.74 Å². The van der Waals surface area contributed by atoms with E-state index in [4.69, 9.17) is 16.3 Å². The molecule has 0 saturated carbocycles. The topological polar surface area (TPSA) is 52.8 Å². The first-order valence-electron chi connectivity index (χ1n) is 7.63. The van der Waals surface area contributed by atoms with Gasteiger partial charge in [-0.15, -0.1) is 5.10 Å². The zero-order valence-corrected chi connectivity index (χ0v) is 14.9. The van der Waals surface area contributed by atoms with Gasteiger partial charge < -0.3 is 4.74 Å². The highest BCUT2D eigenvalue weighted by Gasteiger charge is 2.17. The van der Waals surface area contributed by atoms with Crippen molar-refractivity contribution in [1.29, 1.82) is 0 Å². The van der Waals surface area contributed by atoms with Crippen molar-refractivity contribution in [1.82, 2.24) is 20.2 Å². The molecule has 5 nitrogen and oxygen atoms in total. The Labute approximate surface area is 146 Å². The van der Waals surface area contributed by atoms with E-state index in [9.17, 15) is 0 Å². The smallest absolute Gasteiger partial charge is 0.187 e. The monoisotopic (exact) mass is 342 g/mol. The molecule has 1 heterocycles.